The molecule has 0 saturated heterocycles. The highest BCUT2D eigenvalue weighted by molar-refractivity contribution is 7.11. The van der Waals surface area contributed by atoms with Crippen LogP contribution in [0, 0.1) is 6.92 Å². The van der Waals surface area contributed by atoms with Crippen LogP contribution in [0.4, 0.5) is 0 Å². The van der Waals surface area contributed by atoms with Crippen LogP contribution in [0.1, 0.15) is 36.3 Å². The van der Waals surface area contributed by atoms with Crippen LogP contribution in [0.5, 0.6) is 5.75 Å². The summed E-state index contributed by atoms with van der Waals surface area (Å²) in [6, 6.07) is 8.15. The summed E-state index contributed by atoms with van der Waals surface area (Å²) in [5.74, 6) is 0.787. The molecule has 1 aromatic carbocycles. The third-order valence-electron chi connectivity index (χ3n) is 3.50. The van der Waals surface area contributed by atoms with Crippen molar-refractivity contribution in [3.05, 3.63) is 52.2 Å². The molecule has 0 spiro atoms. The largest absolute Gasteiger partial charge is 0.484 e. The predicted octanol–water partition coefficient (Wildman–Crippen LogP) is 3.91. The SMILES string of the molecule is Cc1nnc(COc2ccc(C(C)(C)C)cc2-n2cccn2)s1. The molecule has 0 amide bonds. The van der Waals surface area contributed by atoms with E-state index >= 15 is 0 Å². The molecule has 0 aliphatic carbocycles. The maximum atomic E-state index is 5.98. The van der Waals surface area contributed by atoms with Crippen LogP contribution in [0.15, 0.2) is 36.7 Å². The summed E-state index contributed by atoms with van der Waals surface area (Å²) < 4.78 is 7.80. The third kappa shape index (κ3) is 3.59. The van der Waals surface area contributed by atoms with Gasteiger partial charge in [0.2, 0.25) is 0 Å². The quantitative estimate of drug-likeness (QED) is 0.728. The van der Waals surface area contributed by atoms with Crippen molar-refractivity contribution < 1.29 is 4.74 Å². The third-order valence-corrected chi connectivity index (χ3v) is 4.31. The van der Waals surface area contributed by atoms with Gasteiger partial charge in [-0.1, -0.05) is 38.2 Å². The van der Waals surface area contributed by atoms with Crippen molar-refractivity contribution in [1.82, 2.24) is 20.0 Å². The van der Waals surface area contributed by atoms with Crippen LogP contribution < -0.4 is 4.74 Å². The number of hydrogen-bond acceptors (Lipinski definition) is 5. The van der Waals surface area contributed by atoms with E-state index in [0.717, 1.165) is 21.5 Å². The second kappa shape index (κ2) is 6.12. The number of aromatic nitrogens is 4. The highest BCUT2D eigenvalue weighted by Crippen LogP contribution is 2.30. The molecule has 0 aliphatic rings. The Morgan fingerprint density at radius 2 is 2.04 bits per heavy atom. The fourth-order valence-corrected chi connectivity index (χ4v) is 2.85. The number of nitrogens with zero attached hydrogens (tertiary/aromatic N) is 4. The number of benzene rings is 1. The van der Waals surface area contributed by atoms with E-state index in [1.165, 1.54) is 5.56 Å². The molecule has 0 aliphatic heterocycles. The van der Waals surface area contributed by atoms with Crippen molar-refractivity contribution >= 4 is 11.3 Å². The van der Waals surface area contributed by atoms with Crippen LogP contribution >= 0.6 is 11.3 Å². The number of ether oxygens (including phenoxy) is 1. The summed E-state index contributed by atoms with van der Waals surface area (Å²) in [7, 11) is 0. The van der Waals surface area contributed by atoms with Crippen LogP contribution in [0.25, 0.3) is 5.69 Å². The van der Waals surface area contributed by atoms with E-state index in [0.29, 0.717) is 6.61 Å². The molecule has 2 heterocycles. The summed E-state index contributed by atoms with van der Waals surface area (Å²) in [5.41, 5.74) is 2.24. The molecule has 5 nitrogen and oxygen atoms in total. The van der Waals surface area contributed by atoms with Gasteiger partial charge in [-0.3, -0.25) is 0 Å². The molecule has 3 aromatic rings. The maximum absolute atomic E-state index is 5.98. The van der Waals surface area contributed by atoms with Crippen molar-refractivity contribution in [1.29, 1.82) is 0 Å². The zero-order valence-corrected chi connectivity index (χ0v) is 14.6. The zero-order valence-electron chi connectivity index (χ0n) is 13.8. The average molecular weight is 328 g/mol. The lowest BCUT2D eigenvalue weighted by Crippen LogP contribution is -2.12. The fraction of sp³-hybridized carbons (Fsp3) is 0.353. The van der Waals surface area contributed by atoms with E-state index in [1.54, 1.807) is 17.5 Å². The predicted molar refractivity (Wildman–Crippen MR) is 91.2 cm³/mol. The minimum Gasteiger partial charge on any atom is -0.484 e. The molecule has 0 saturated carbocycles. The maximum Gasteiger partial charge on any atom is 0.155 e. The van der Waals surface area contributed by atoms with Gasteiger partial charge in [0.05, 0.1) is 0 Å². The topological polar surface area (TPSA) is 52.8 Å². The molecule has 0 unspecified atom stereocenters. The minimum atomic E-state index is 0.0662. The Hall–Kier alpha value is -2.21. The summed E-state index contributed by atoms with van der Waals surface area (Å²) in [6.45, 7) is 8.93. The van der Waals surface area contributed by atoms with Crippen LogP contribution in [-0.2, 0) is 12.0 Å². The van der Waals surface area contributed by atoms with Crippen molar-refractivity contribution in [3.8, 4) is 11.4 Å². The lowest BCUT2D eigenvalue weighted by Gasteiger charge is -2.21. The van der Waals surface area contributed by atoms with Crippen LogP contribution in [0.3, 0.4) is 0 Å². The minimum absolute atomic E-state index is 0.0662. The van der Waals surface area contributed by atoms with Gasteiger partial charge in [0.25, 0.3) is 0 Å². The van der Waals surface area contributed by atoms with Crippen LogP contribution in [-0.4, -0.2) is 20.0 Å². The second-order valence-electron chi connectivity index (χ2n) is 6.39. The van der Waals surface area contributed by atoms with E-state index in [1.807, 2.05) is 29.9 Å². The van der Waals surface area contributed by atoms with E-state index < -0.39 is 0 Å². The molecule has 3 rings (SSSR count). The molecule has 0 fully saturated rings. The number of rotatable bonds is 4. The van der Waals surface area contributed by atoms with Gasteiger partial charge in [0.1, 0.15) is 23.1 Å². The first-order chi connectivity index (χ1) is 10.9. The lowest BCUT2D eigenvalue weighted by atomic mass is 9.87. The van der Waals surface area contributed by atoms with E-state index in [-0.39, 0.29) is 5.41 Å². The fourth-order valence-electron chi connectivity index (χ4n) is 2.23. The standard InChI is InChI=1S/C17H20N4OS/c1-12-19-20-16(23-12)11-22-15-7-6-13(17(2,3)4)10-14(15)21-9-5-8-18-21/h5-10H,11H2,1-4H3. The normalized spacial score (nSPS) is 11.7. The van der Waals surface area contributed by atoms with E-state index in [2.05, 4.69) is 48.2 Å². The van der Waals surface area contributed by atoms with Gasteiger partial charge in [0.15, 0.2) is 5.01 Å². The first-order valence-electron chi connectivity index (χ1n) is 7.50. The van der Waals surface area contributed by atoms with Gasteiger partial charge in [-0.05, 0) is 36.1 Å². The zero-order chi connectivity index (χ0) is 16.4. The molecule has 120 valence electrons. The van der Waals surface area contributed by atoms with Crippen LogP contribution in [0.2, 0.25) is 0 Å². The molecular weight excluding hydrogens is 308 g/mol. The van der Waals surface area contributed by atoms with Crippen molar-refractivity contribution in [2.75, 3.05) is 0 Å². The van der Waals surface area contributed by atoms with Gasteiger partial charge in [-0.2, -0.15) is 5.10 Å². The van der Waals surface area contributed by atoms with Gasteiger partial charge in [-0.15, -0.1) is 10.2 Å². The molecule has 2 aromatic heterocycles. The van der Waals surface area contributed by atoms with Gasteiger partial charge < -0.3 is 4.74 Å². The van der Waals surface area contributed by atoms with Crippen molar-refractivity contribution in [3.63, 3.8) is 0 Å². The Morgan fingerprint density at radius 1 is 1.22 bits per heavy atom. The highest BCUT2D eigenvalue weighted by atomic mass is 32.1. The molecule has 23 heavy (non-hydrogen) atoms. The van der Waals surface area contributed by atoms with E-state index in [9.17, 15) is 0 Å². The molecule has 0 atom stereocenters. The number of hydrogen-bond donors (Lipinski definition) is 0. The Kier molecular flexibility index (Phi) is 4.17. The van der Waals surface area contributed by atoms with Crippen molar-refractivity contribution in [2.45, 2.75) is 39.7 Å². The molecule has 0 radical (unpaired) electrons. The molecule has 6 heteroatoms. The second-order valence-corrected chi connectivity index (χ2v) is 7.65. The van der Waals surface area contributed by atoms with Gasteiger partial charge in [-0.25, -0.2) is 4.68 Å². The monoisotopic (exact) mass is 328 g/mol. The van der Waals surface area contributed by atoms with Crippen molar-refractivity contribution in [2.24, 2.45) is 0 Å². The summed E-state index contributed by atoms with van der Waals surface area (Å²) >= 11 is 1.55. The number of aryl methyl sites for hydroxylation is 1. The van der Waals surface area contributed by atoms with E-state index in [4.69, 9.17) is 4.74 Å². The first kappa shape index (κ1) is 15.7. The highest BCUT2D eigenvalue weighted by Gasteiger charge is 2.17. The average Bonchev–Trinajstić information content (AvgIpc) is 3.15. The Balaban J connectivity index is 1.92. The summed E-state index contributed by atoms with van der Waals surface area (Å²) in [5, 5.41) is 14.3. The smallest absolute Gasteiger partial charge is 0.155 e. The Morgan fingerprint density at radius 3 is 2.65 bits per heavy atom. The molecule has 0 bridgehead atoms. The molecular formula is C17H20N4OS. The summed E-state index contributed by atoms with van der Waals surface area (Å²) in [6.07, 6.45) is 3.69. The Labute approximate surface area is 140 Å². The van der Waals surface area contributed by atoms with Gasteiger partial charge in [0, 0.05) is 12.4 Å². The summed E-state index contributed by atoms with van der Waals surface area (Å²) in [4.78, 5) is 0. The Bertz CT molecular complexity index is 787. The van der Waals surface area contributed by atoms with Gasteiger partial charge >= 0.3 is 0 Å². The molecule has 0 N–H and O–H groups in total. The first-order valence-corrected chi connectivity index (χ1v) is 8.31. The lowest BCUT2D eigenvalue weighted by molar-refractivity contribution is 0.303.